The van der Waals surface area contributed by atoms with Crippen LogP contribution in [0.15, 0.2) is 5.38 Å². The molecule has 112 valence electrons. The number of aromatic nitrogens is 1. The van der Waals surface area contributed by atoms with Crippen molar-refractivity contribution in [3.8, 4) is 0 Å². The van der Waals surface area contributed by atoms with Gasteiger partial charge in [-0.25, -0.2) is 4.98 Å². The van der Waals surface area contributed by atoms with Gasteiger partial charge in [0, 0.05) is 17.5 Å². The number of thiazole rings is 1. The second kappa shape index (κ2) is 7.62. The predicted molar refractivity (Wildman–Crippen MR) is 84.4 cm³/mol. The molecular formula is C15H25N3OS. The summed E-state index contributed by atoms with van der Waals surface area (Å²) in [6.45, 7) is 4.18. The standard InChI is InChI=1S/C15H25N3OS/c1-3-11(4-2)16-14(19)13-10-20-15(18-13)17-12-8-6-5-7-9-12/h10-12H,3-9H2,1-2H3,(H,16,19)(H,17,18). The largest absolute Gasteiger partial charge is 0.359 e. The quantitative estimate of drug-likeness (QED) is 0.839. The number of nitrogens with one attached hydrogen (secondary N) is 2. The molecule has 0 bridgehead atoms. The molecule has 0 atom stereocenters. The molecule has 5 heteroatoms. The van der Waals surface area contributed by atoms with Crippen LogP contribution in [0.3, 0.4) is 0 Å². The van der Waals surface area contributed by atoms with Crippen molar-refractivity contribution >= 4 is 22.4 Å². The van der Waals surface area contributed by atoms with Crippen molar-refractivity contribution in [1.29, 1.82) is 0 Å². The summed E-state index contributed by atoms with van der Waals surface area (Å²) in [5.41, 5.74) is 0.542. The molecule has 1 aromatic rings. The average Bonchev–Trinajstić information content (AvgIpc) is 2.94. The summed E-state index contributed by atoms with van der Waals surface area (Å²) in [5, 5.41) is 9.22. The highest BCUT2D eigenvalue weighted by Crippen LogP contribution is 2.23. The summed E-state index contributed by atoms with van der Waals surface area (Å²) in [6, 6.07) is 0.781. The van der Waals surface area contributed by atoms with Crippen LogP contribution in [0.5, 0.6) is 0 Å². The Morgan fingerprint density at radius 2 is 2.05 bits per heavy atom. The molecule has 2 N–H and O–H groups in total. The first-order valence-corrected chi connectivity index (χ1v) is 8.63. The van der Waals surface area contributed by atoms with Crippen LogP contribution < -0.4 is 10.6 Å². The van der Waals surface area contributed by atoms with Gasteiger partial charge in [0.2, 0.25) is 0 Å². The maximum atomic E-state index is 12.1. The fourth-order valence-electron chi connectivity index (χ4n) is 2.62. The number of anilines is 1. The van der Waals surface area contributed by atoms with Crippen molar-refractivity contribution in [3.05, 3.63) is 11.1 Å². The van der Waals surface area contributed by atoms with Gasteiger partial charge in [-0.3, -0.25) is 4.79 Å². The topological polar surface area (TPSA) is 54.0 Å². The minimum atomic E-state index is -0.0494. The van der Waals surface area contributed by atoms with E-state index in [0.29, 0.717) is 11.7 Å². The van der Waals surface area contributed by atoms with Crippen LogP contribution >= 0.6 is 11.3 Å². The molecule has 1 aromatic heterocycles. The second-order valence-corrected chi connectivity index (χ2v) is 6.36. The van der Waals surface area contributed by atoms with Crippen LogP contribution in [0, 0.1) is 0 Å². The smallest absolute Gasteiger partial charge is 0.271 e. The molecule has 0 radical (unpaired) electrons. The van der Waals surface area contributed by atoms with Crippen LogP contribution in [0.1, 0.15) is 69.3 Å². The van der Waals surface area contributed by atoms with Gasteiger partial charge in [0.05, 0.1) is 0 Å². The van der Waals surface area contributed by atoms with Gasteiger partial charge in [0.25, 0.3) is 5.91 Å². The molecule has 2 rings (SSSR count). The maximum absolute atomic E-state index is 12.1. The normalized spacial score (nSPS) is 16.4. The number of carbonyl (C=O) groups is 1. The average molecular weight is 295 g/mol. The highest BCUT2D eigenvalue weighted by Gasteiger charge is 2.17. The molecule has 0 unspecified atom stereocenters. The van der Waals surface area contributed by atoms with Crippen molar-refractivity contribution in [2.75, 3.05) is 5.32 Å². The van der Waals surface area contributed by atoms with E-state index in [1.165, 1.54) is 43.4 Å². The zero-order valence-electron chi connectivity index (χ0n) is 12.4. The van der Waals surface area contributed by atoms with Crippen molar-refractivity contribution in [3.63, 3.8) is 0 Å². The van der Waals surface area contributed by atoms with Gasteiger partial charge in [0.1, 0.15) is 5.69 Å². The summed E-state index contributed by atoms with van der Waals surface area (Å²) in [5.74, 6) is -0.0494. The van der Waals surface area contributed by atoms with E-state index in [0.717, 1.165) is 18.0 Å². The minimum absolute atomic E-state index is 0.0494. The molecule has 20 heavy (non-hydrogen) atoms. The van der Waals surface area contributed by atoms with Crippen molar-refractivity contribution < 1.29 is 4.79 Å². The van der Waals surface area contributed by atoms with E-state index in [2.05, 4.69) is 29.5 Å². The van der Waals surface area contributed by atoms with Crippen molar-refractivity contribution in [2.24, 2.45) is 0 Å². The Hall–Kier alpha value is -1.10. The monoisotopic (exact) mass is 295 g/mol. The third-order valence-corrected chi connectivity index (χ3v) is 4.76. The van der Waals surface area contributed by atoms with Gasteiger partial charge >= 0.3 is 0 Å². The molecule has 4 nitrogen and oxygen atoms in total. The van der Waals surface area contributed by atoms with E-state index in [1.54, 1.807) is 0 Å². The van der Waals surface area contributed by atoms with E-state index >= 15 is 0 Å². The van der Waals surface area contributed by atoms with Crippen LogP contribution in [0.4, 0.5) is 5.13 Å². The third-order valence-electron chi connectivity index (χ3n) is 3.99. The van der Waals surface area contributed by atoms with E-state index in [1.807, 2.05) is 5.38 Å². The lowest BCUT2D eigenvalue weighted by molar-refractivity contribution is 0.0930. The number of rotatable bonds is 6. The molecule has 0 aliphatic heterocycles. The first-order chi connectivity index (χ1) is 9.72. The Labute approximate surface area is 125 Å². The molecule has 1 amide bonds. The molecule has 1 aliphatic rings. The fourth-order valence-corrected chi connectivity index (χ4v) is 3.39. The Morgan fingerprint density at radius 3 is 2.70 bits per heavy atom. The molecule has 1 aliphatic carbocycles. The van der Waals surface area contributed by atoms with Gasteiger partial charge in [-0.05, 0) is 25.7 Å². The summed E-state index contributed by atoms with van der Waals surface area (Å²) in [4.78, 5) is 16.5. The van der Waals surface area contributed by atoms with Crippen LogP contribution in [0.2, 0.25) is 0 Å². The molecule has 1 fully saturated rings. The lowest BCUT2D eigenvalue weighted by Gasteiger charge is -2.22. The van der Waals surface area contributed by atoms with Gasteiger partial charge in [-0.1, -0.05) is 33.1 Å². The van der Waals surface area contributed by atoms with E-state index in [4.69, 9.17) is 0 Å². The SMILES string of the molecule is CCC(CC)NC(=O)c1csc(NC2CCCCC2)n1. The van der Waals surface area contributed by atoms with Crippen molar-refractivity contribution in [2.45, 2.75) is 70.9 Å². The first-order valence-electron chi connectivity index (χ1n) is 7.75. The summed E-state index contributed by atoms with van der Waals surface area (Å²) in [6.07, 6.45) is 8.29. The summed E-state index contributed by atoms with van der Waals surface area (Å²) in [7, 11) is 0. The molecule has 1 heterocycles. The van der Waals surface area contributed by atoms with E-state index in [9.17, 15) is 4.79 Å². The number of carbonyl (C=O) groups excluding carboxylic acids is 1. The summed E-state index contributed by atoms with van der Waals surface area (Å²) < 4.78 is 0. The van der Waals surface area contributed by atoms with Gasteiger partial charge in [0.15, 0.2) is 5.13 Å². The lowest BCUT2D eigenvalue weighted by atomic mass is 9.96. The highest BCUT2D eigenvalue weighted by molar-refractivity contribution is 7.13. The zero-order valence-corrected chi connectivity index (χ0v) is 13.3. The molecular weight excluding hydrogens is 270 g/mol. The highest BCUT2D eigenvalue weighted by atomic mass is 32.1. The maximum Gasteiger partial charge on any atom is 0.271 e. The van der Waals surface area contributed by atoms with E-state index in [-0.39, 0.29) is 11.9 Å². The van der Waals surface area contributed by atoms with Crippen LogP contribution in [-0.2, 0) is 0 Å². The number of hydrogen-bond acceptors (Lipinski definition) is 4. The molecule has 1 saturated carbocycles. The van der Waals surface area contributed by atoms with Gasteiger partial charge in [-0.15, -0.1) is 11.3 Å². The molecule has 0 aromatic carbocycles. The molecule has 0 spiro atoms. The number of amides is 1. The lowest BCUT2D eigenvalue weighted by Crippen LogP contribution is -2.34. The Kier molecular flexibility index (Phi) is 5.83. The Morgan fingerprint density at radius 1 is 1.35 bits per heavy atom. The van der Waals surface area contributed by atoms with Gasteiger partial charge < -0.3 is 10.6 Å². The van der Waals surface area contributed by atoms with Crippen LogP contribution in [0.25, 0.3) is 0 Å². The summed E-state index contributed by atoms with van der Waals surface area (Å²) >= 11 is 1.53. The molecule has 0 saturated heterocycles. The Bertz CT molecular complexity index is 423. The van der Waals surface area contributed by atoms with Gasteiger partial charge in [-0.2, -0.15) is 0 Å². The van der Waals surface area contributed by atoms with Crippen LogP contribution in [-0.4, -0.2) is 23.0 Å². The second-order valence-electron chi connectivity index (χ2n) is 5.50. The zero-order chi connectivity index (χ0) is 14.4. The first kappa shape index (κ1) is 15.3. The Balaban J connectivity index is 1.89. The number of nitrogens with zero attached hydrogens (tertiary/aromatic N) is 1. The fraction of sp³-hybridized carbons (Fsp3) is 0.733. The number of hydrogen-bond donors (Lipinski definition) is 2. The third kappa shape index (κ3) is 4.20. The van der Waals surface area contributed by atoms with Crippen molar-refractivity contribution in [1.82, 2.24) is 10.3 Å². The predicted octanol–water partition coefficient (Wildman–Crippen LogP) is 3.81. The van der Waals surface area contributed by atoms with E-state index < -0.39 is 0 Å². The minimum Gasteiger partial charge on any atom is -0.359 e.